The van der Waals surface area contributed by atoms with Crippen LogP contribution in [0.5, 0.6) is 0 Å². The predicted molar refractivity (Wildman–Crippen MR) is 80.8 cm³/mol. The second-order valence-corrected chi connectivity index (χ2v) is 6.71. The van der Waals surface area contributed by atoms with E-state index >= 15 is 0 Å². The third kappa shape index (κ3) is 2.50. The number of hydrogen-bond acceptors (Lipinski definition) is 3. The number of rotatable bonds is 3. The fraction of sp³-hybridized carbons (Fsp3) is 0.0588. The highest BCUT2D eigenvalue weighted by atomic mass is 32.2. The van der Waals surface area contributed by atoms with Gasteiger partial charge < -0.3 is 4.42 Å². The molecule has 1 aromatic heterocycles. The third-order valence-corrected chi connectivity index (χ3v) is 5.08. The molecular weight excluding hydrogens is 284 g/mol. The third-order valence-electron chi connectivity index (χ3n) is 3.29. The van der Waals surface area contributed by atoms with Crippen molar-refractivity contribution < 1.29 is 12.8 Å². The first-order chi connectivity index (χ1) is 10.1. The van der Waals surface area contributed by atoms with Crippen LogP contribution in [0.3, 0.4) is 0 Å². The summed E-state index contributed by atoms with van der Waals surface area (Å²) in [5.41, 5.74) is 1.76. The van der Waals surface area contributed by atoms with E-state index in [1.54, 1.807) is 24.3 Å². The van der Waals surface area contributed by atoms with Gasteiger partial charge in [0.15, 0.2) is 5.76 Å². The molecule has 0 fully saturated rings. The summed E-state index contributed by atoms with van der Waals surface area (Å²) in [7, 11) is -3.58. The van der Waals surface area contributed by atoms with E-state index < -0.39 is 9.84 Å². The minimum atomic E-state index is -3.58. The van der Waals surface area contributed by atoms with Crippen LogP contribution in [0, 0.1) is 6.92 Å². The number of benzene rings is 2. The molecular formula is C17H14O3S. The molecule has 21 heavy (non-hydrogen) atoms. The summed E-state index contributed by atoms with van der Waals surface area (Å²) in [5.74, 6) is 0.371. The standard InChI is InChI=1S/C17H14O3S/c1-13-7-9-15(10-8-13)21(18,19)16-11-12-20-17(16)14-5-3-2-4-6-14/h2-12H,1H3. The van der Waals surface area contributed by atoms with Crippen LogP contribution in [-0.2, 0) is 9.84 Å². The lowest BCUT2D eigenvalue weighted by Crippen LogP contribution is -2.02. The average molecular weight is 298 g/mol. The fourth-order valence-electron chi connectivity index (χ4n) is 2.15. The molecule has 2 aromatic carbocycles. The number of furan rings is 1. The van der Waals surface area contributed by atoms with Crippen molar-refractivity contribution in [2.24, 2.45) is 0 Å². The van der Waals surface area contributed by atoms with Crippen LogP contribution in [0.1, 0.15) is 5.56 Å². The molecule has 0 aliphatic rings. The lowest BCUT2D eigenvalue weighted by Gasteiger charge is -2.05. The highest BCUT2D eigenvalue weighted by Gasteiger charge is 2.24. The van der Waals surface area contributed by atoms with E-state index in [0.29, 0.717) is 5.76 Å². The monoisotopic (exact) mass is 298 g/mol. The summed E-state index contributed by atoms with van der Waals surface area (Å²) in [6.45, 7) is 1.92. The van der Waals surface area contributed by atoms with E-state index in [0.717, 1.165) is 11.1 Å². The topological polar surface area (TPSA) is 47.3 Å². The molecule has 0 spiro atoms. The molecule has 3 rings (SSSR count). The van der Waals surface area contributed by atoms with Gasteiger partial charge in [-0.15, -0.1) is 0 Å². The Bertz CT molecular complexity index is 845. The maximum absolute atomic E-state index is 12.7. The largest absolute Gasteiger partial charge is 0.463 e. The predicted octanol–water partition coefficient (Wildman–Crippen LogP) is 4.09. The van der Waals surface area contributed by atoms with Crippen molar-refractivity contribution in [3.8, 4) is 11.3 Å². The van der Waals surface area contributed by atoms with Crippen molar-refractivity contribution in [3.63, 3.8) is 0 Å². The summed E-state index contributed by atoms with van der Waals surface area (Å²) in [4.78, 5) is 0.462. The Morgan fingerprint density at radius 3 is 2.19 bits per heavy atom. The van der Waals surface area contributed by atoms with Gasteiger partial charge in [-0.1, -0.05) is 48.0 Å². The van der Waals surface area contributed by atoms with Gasteiger partial charge in [-0.25, -0.2) is 8.42 Å². The first-order valence-electron chi connectivity index (χ1n) is 6.54. The van der Waals surface area contributed by atoms with Crippen molar-refractivity contribution in [2.75, 3.05) is 0 Å². The highest BCUT2D eigenvalue weighted by molar-refractivity contribution is 7.91. The van der Waals surface area contributed by atoms with Gasteiger partial charge in [-0.3, -0.25) is 0 Å². The zero-order valence-electron chi connectivity index (χ0n) is 11.5. The molecule has 0 N–H and O–H groups in total. The van der Waals surface area contributed by atoms with Crippen LogP contribution in [0.15, 0.2) is 81.1 Å². The van der Waals surface area contributed by atoms with Gasteiger partial charge >= 0.3 is 0 Å². The van der Waals surface area contributed by atoms with E-state index in [1.807, 2.05) is 37.3 Å². The highest BCUT2D eigenvalue weighted by Crippen LogP contribution is 2.32. The Hall–Kier alpha value is -2.33. The maximum atomic E-state index is 12.7. The first kappa shape index (κ1) is 13.6. The van der Waals surface area contributed by atoms with Crippen molar-refractivity contribution >= 4 is 9.84 Å². The molecule has 0 saturated heterocycles. The van der Waals surface area contributed by atoms with Gasteiger partial charge in [-0.05, 0) is 25.1 Å². The Labute approximate surface area is 123 Å². The van der Waals surface area contributed by atoms with E-state index in [9.17, 15) is 8.42 Å². The Morgan fingerprint density at radius 2 is 1.52 bits per heavy atom. The second-order valence-electron chi connectivity index (χ2n) is 4.80. The van der Waals surface area contributed by atoms with Crippen molar-refractivity contribution in [3.05, 3.63) is 72.5 Å². The van der Waals surface area contributed by atoms with Crippen molar-refractivity contribution in [1.82, 2.24) is 0 Å². The SMILES string of the molecule is Cc1ccc(S(=O)(=O)c2ccoc2-c2ccccc2)cc1. The normalized spacial score (nSPS) is 11.5. The molecule has 1 heterocycles. The Kier molecular flexibility index (Phi) is 3.39. The summed E-state index contributed by atoms with van der Waals surface area (Å²) in [6.07, 6.45) is 1.41. The van der Waals surface area contributed by atoms with Crippen LogP contribution < -0.4 is 0 Å². The van der Waals surface area contributed by atoms with Crippen LogP contribution >= 0.6 is 0 Å². The quantitative estimate of drug-likeness (QED) is 0.731. The molecule has 3 aromatic rings. The molecule has 0 unspecified atom stereocenters. The van der Waals surface area contributed by atoms with Crippen molar-refractivity contribution in [1.29, 1.82) is 0 Å². The lowest BCUT2D eigenvalue weighted by atomic mass is 10.2. The summed E-state index contributed by atoms with van der Waals surface area (Å²) >= 11 is 0. The Balaban J connectivity index is 2.13. The lowest BCUT2D eigenvalue weighted by molar-refractivity contribution is 0.570. The van der Waals surface area contributed by atoms with E-state index in [1.165, 1.54) is 12.3 Å². The van der Waals surface area contributed by atoms with Gasteiger partial charge in [0.05, 0.1) is 11.2 Å². The summed E-state index contributed by atoms with van der Waals surface area (Å²) in [6, 6.07) is 17.5. The second kappa shape index (κ2) is 5.22. The molecule has 0 aliphatic heterocycles. The van der Waals surface area contributed by atoms with Crippen LogP contribution in [0.25, 0.3) is 11.3 Å². The van der Waals surface area contributed by atoms with Gasteiger partial charge in [0.2, 0.25) is 9.84 Å². The number of aryl methyl sites for hydroxylation is 1. The van der Waals surface area contributed by atoms with E-state index in [4.69, 9.17) is 4.42 Å². The number of sulfone groups is 1. The minimum Gasteiger partial charge on any atom is -0.463 e. The molecule has 4 heteroatoms. The number of hydrogen-bond donors (Lipinski definition) is 0. The molecule has 0 saturated carbocycles. The van der Waals surface area contributed by atoms with E-state index in [-0.39, 0.29) is 9.79 Å². The molecule has 0 amide bonds. The van der Waals surface area contributed by atoms with Crippen LogP contribution in [0.2, 0.25) is 0 Å². The minimum absolute atomic E-state index is 0.192. The molecule has 0 atom stereocenters. The van der Waals surface area contributed by atoms with Crippen LogP contribution in [0.4, 0.5) is 0 Å². The molecule has 3 nitrogen and oxygen atoms in total. The van der Waals surface area contributed by atoms with Gasteiger partial charge in [-0.2, -0.15) is 0 Å². The van der Waals surface area contributed by atoms with Gasteiger partial charge in [0.25, 0.3) is 0 Å². The van der Waals surface area contributed by atoms with Gasteiger partial charge in [0.1, 0.15) is 4.90 Å². The molecule has 0 aliphatic carbocycles. The maximum Gasteiger partial charge on any atom is 0.210 e. The molecule has 0 radical (unpaired) electrons. The zero-order chi connectivity index (χ0) is 14.9. The van der Waals surface area contributed by atoms with Crippen molar-refractivity contribution in [2.45, 2.75) is 16.7 Å². The first-order valence-corrected chi connectivity index (χ1v) is 8.02. The van der Waals surface area contributed by atoms with Crippen LogP contribution in [-0.4, -0.2) is 8.42 Å². The molecule has 106 valence electrons. The average Bonchev–Trinajstić information content (AvgIpc) is 2.99. The van der Waals surface area contributed by atoms with E-state index in [2.05, 4.69) is 0 Å². The molecule has 0 bridgehead atoms. The zero-order valence-corrected chi connectivity index (χ0v) is 12.3. The summed E-state index contributed by atoms with van der Waals surface area (Å²) < 4.78 is 30.9. The summed E-state index contributed by atoms with van der Waals surface area (Å²) in [5, 5.41) is 0. The van der Waals surface area contributed by atoms with Gasteiger partial charge in [0, 0.05) is 5.56 Å². The Morgan fingerprint density at radius 1 is 0.857 bits per heavy atom. The smallest absolute Gasteiger partial charge is 0.210 e. The fourth-order valence-corrected chi connectivity index (χ4v) is 3.55.